The van der Waals surface area contributed by atoms with Crippen molar-refractivity contribution in [1.82, 2.24) is 0 Å². The van der Waals surface area contributed by atoms with E-state index >= 15 is 0 Å². The molecule has 0 aliphatic heterocycles. The van der Waals surface area contributed by atoms with E-state index in [1.807, 2.05) is 0 Å². The first-order chi connectivity index (χ1) is 5.43. The Morgan fingerprint density at radius 3 is 2.25 bits per heavy atom. The third-order valence-electron chi connectivity index (χ3n) is 1.23. The third kappa shape index (κ3) is 3.26. The fourth-order valence-corrected chi connectivity index (χ4v) is 1.03. The highest BCUT2D eigenvalue weighted by atomic mass is 35.5. The van der Waals surface area contributed by atoms with Gasteiger partial charge in [-0.05, 0) is 6.42 Å². The minimum Gasteiger partial charge on any atom is -0.295 e. The summed E-state index contributed by atoms with van der Waals surface area (Å²) >= 11 is 5.34. The molecule has 0 aliphatic carbocycles. The second-order valence-electron chi connectivity index (χ2n) is 2.07. The molecule has 0 rings (SSSR count). The molecule has 12 heavy (non-hydrogen) atoms. The maximum absolute atomic E-state index is 12.1. The van der Waals surface area contributed by atoms with Crippen molar-refractivity contribution in [3.05, 3.63) is 10.6 Å². The predicted octanol–water partition coefficient (Wildman–Crippen LogP) is 3.15. The number of hydrogen-bond acceptors (Lipinski definition) is 1. The smallest absolute Gasteiger partial charge is 0.295 e. The van der Waals surface area contributed by atoms with Crippen molar-refractivity contribution in [3.63, 3.8) is 0 Å². The van der Waals surface area contributed by atoms with Gasteiger partial charge >= 0.3 is 6.18 Å². The van der Waals surface area contributed by atoms with Crippen LogP contribution in [0, 0.1) is 0 Å². The van der Waals surface area contributed by atoms with E-state index in [4.69, 9.17) is 11.6 Å². The molecule has 1 nitrogen and oxygen atoms in total. The maximum atomic E-state index is 12.1. The summed E-state index contributed by atoms with van der Waals surface area (Å²) in [4.78, 5) is 3.40. The molecule has 0 heterocycles. The van der Waals surface area contributed by atoms with Gasteiger partial charge in [0.05, 0.1) is 10.6 Å². The van der Waals surface area contributed by atoms with Crippen molar-refractivity contribution in [3.8, 4) is 0 Å². The fraction of sp³-hybridized carbons (Fsp3) is 0.571. The molecule has 70 valence electrons. The SMILES string of the molecule is CC/C(=C(Cl)\C=N/C)C(F)(F)F. The predicted molar refractivity (Wildman–Crippen MR) is 43.6 cm³/mol. The first kappa shape index (κ1) is 11.5. The van der Waals surface area contributed by atoms with Crippen molar-refractivity contribution in [1.29, 1.82) is 0 Å². The topological polar surface area (TPSA) is 12.4 Å². The molecule has 0 aromatic heterocycles. The Morgan fingerprint density at radius 1 is 1.50 bits per heavy atom. The van der Waals surface area contributed by atoms with Crippen LogP contribution in [0.4, 0.5) is 13.2 Å². The second kappa shape index (κ2) is 4.50. The molecular formula is C7H9ClF3N. The van der Waals surface area contributed by atoms with E-state index in [0.717, 1.165) is 6.21 Å². The van der Waals surface area contributed by atoms with Gasteiger partial charge in [-0.2, -0.15) is 13.2 Å². The quantitative estimate of drug-likeness (QED) is 0.606. The van der Waals surface area contributed by atoms with Crippen LogP contribution in [0.25, 0.3) is 0 Å². The summed E-state index contributed by atoms with van der Waals surface area (Å²) in [5.41, 5.74) is -0.741. The Morgan fingerprint density at radius 2 is 2.00 bits per heavy atom. The average molecular weight is 200 g/mol. The van der Waals surface area contributed by atoms with Gasteiger partial charge in [-0.25, -0.2) is 0 Å². The van der Waals surface area contributed by atoms with E-state index in [9.17, 15) is 13.2 Å². The Kier molecular flexibility index (Phi) is 4.31. The van der Waals surface area contributed by atoms with Gasteiger partial charge in [0.25, 0.3) is 0 Å². The van der Waals surface area contributed by atoms with Crippen LogP contribution in [0.5, 0.6) is 0 Å². The molecule has 0 N–H and O–H groups in total. The lowest BCUT2D eigenvalue weighted by Gasteiger charge is -2.09. The number of aliphatic imine (C=N–C) groups is 1. The number of hydrogen-bond donors (Lipinski definition) is 0. The molecule has 0 atom stereocenters. The molecule has 0 amide bonds. The monoisotopic (exact) mass is 199 g/mol. The van der Waals surface area contributed by atoms with Crippen molar-refractivity contribution >= 4 is 17.8 Å². The van der Waals surface area contributed by atoms with Crippen molar-refractivity contribution < 1.29 is 13.2 Å². The third-order valence-corrected chi connectivity index (χ3v) is 1.55. The van der Waals surface area contributed by atoms with E-state index in [2.05, 4.69) is 4.99 Å². The van der Waals surface area contributed by atoms with E-state index in [-0.39, 0.29) is 11.5 Å². The molecule has 0 saturated carbocycles. The van der Waals surface area contributed by atoms with Crippen molar-refractivity contribution in [2.45, 2.75) is 19.5 Å². The normalized spacial score (nSPS) is 15.2. The standard InChI is InChI=1S/C7H9ClF3N/c1-3-5(7(9,10)11)6(8)4-12-2/h4H,3H2,1-2H3/b6-5-,12-4-. The highest BCUT2D eigenvalue weighted by Crippen LogP contribution is 2.31. The zero-order valence-corrected chi connectivity index (χ0v) is 7.50. The van der Waals surface area contributed by atoms with Gasteiger partial charge in [0.2, 0.25) is 0 Å². The molecule has 0 aliphatic rings. The number of halogens is 4. The number of rotatable bonds is 2. The lowest BCUT2D eigenvalue weighted by molar-refractivity contribution is -0.0936. The minimum absolute atomic E-state index is 0.144. The van der Waals surface area contributed by atoms with Gasteiger partial charge in [0.15, 0.2) is 0 Å². The molecule has 0 spiro atoms. The van der Waals surface area contributed by atoms with Crippen LogP contribution in [-0.4, -0.2) is 19.4 Å². The number of alkyl halides is 3. The molecule has 0 radical (unpaired) electrons. The molecule has 5 heteroatoms. The molecule has 0 aromatic rings. The van der Waals surface area contributed by atoms with Crippen molar-refractivity contribution in [2.75, 3.05) is 7.05 Å². The van der Waals surface area contributed by atoms with Gasteiger partial charge < -0.3 is 0 Å². The lowest BCUT2D eigenvalue weighted by Crippen LogP contribution is -2.12. The van der Waals surface area contributed by atoms with E-state index in [0.29, 0.717) is 0 Å². The zero-order chi connectivity index (χ0) is 9.78. The van der Waals surface area contributed by atoms with Crippen LogP contribution in [0.1, 0.15) is 13.3 Å². The molecule has 0 bridgehead atoms. The van der Waals surface area contributed by atoms with Gasteiger partial charge in [-0.3, -0.25) is 4.99 Å². The van der Waals surface area contributed by atoms with Gasteiger partial charge in [-0.15, -0.1) is 0 Å². The molecule has 0 unspecified atom stereocenters. The molecule has 0 fully saturated rings. The number of allylic oxidation sites excluding steroid dienone is 2. The Balaban J connectivity index is 4.86. The Hall–Kier alpha value is -0.510. The zero-order valence-electron chi connectivity index (χ0n) is 6.74. The summed E-state index contributed by atoms with van der Waals surface area (Å²) in [7, 11) is 1.37. The van der Waals surface area contributed by atoms with E-state index in [1.165, 1.54) is 14.0 Å². The van der Waals surface area contributed by atoms with Crippen LogP contribution in [0.15, 0.2) is 15.6 Å². The molecule has 0 aromatic carbocycles. The Labute approximate surface area is 73.9 Å². The van der Waals surface area contributed by atoms with E-state index < -0.39 is 11.7 Å². The highest BCUT2D eigenvalue weighted by Gasteiger charge is 2.34. The Bertz CT molecular complexity index is 205. The largest absolute Gasteiger partial charge is 0.414 e. The summed E-state index contributed by atoms with van der Waals surface area (Å²) in [6, 6.07) is 0. The molecular weight excluding hydrogens is 191 g/mol. The summed E-state index contributed by atoms with van der Waals surface area (Å²) < 4.78 is 36.3. The van der Waals surface area contributed by atoms with Gasteiger partial charge in [-0.1, -0.05) is 18.5 Å². The fourth-order valence-electron chi connectivity index (χ4n) is 0.696. The van der Waals surface area contributed by atoms with Crippen molar-refractivity contribution in [2.24, 2.45) is 4.99 Å². The van der Waals surface area contributed by atoms with Crippen LogP contribution < -0.4 is 0 Å². The summed E-state index contributed by atoms with van der Waals surface area (Å²) in [5.74, 6) is 0. The van der Waals surface area contributed by atoms with Crippen LogP contribution in [0.3, 0.4) is 0 Å². The highest BCUT2D eigenvalue weighted by molar-refractivity contribution is 6.39. The molecule has 0 saturated heterocycles. The summed E-state index contributed by atoms with van der Waals surface area (Å²) in [6.45, 7) is 1.40. The van der Waals surface area contributed by atoms with Crippen LogP contribution >= 0.6 is 11.6 Å². The van der Waals surface area contributed by atoms with Crippen LogP contribution in [0.2, 0.25) is 0 Å². The number of nitrogens with zero attached hydrogens (tertiary/aromatic N) is 1. The van der Waals surface area contributed by atoms with Gasteiger partial charge in [0.1, 0.15) is 0 Å². The van der Waals surface area contributed by atoms with Gasteiger partial charge in [0, 0.05) is 13.3 Å². The second-order valence-corrected chi connectivity index (χ2v) is 2.47. The summed E-state index contributed by atoms with van der Waals surface area (Å²) in [6.07, 6.45) is -3.50. The van der Waals surface area contributed by atoms with E-state index in [1.54, 1.807) is 0 Å². The maximum Gasteiger partial charge on any atom is 0.414 e. The first-order valence-electron chi connectivity index (χ1n) is 3.31. The minimum atomic E-state index is -4.35. The van der Waals surface area contributed by atoms with Crippen LogP contribution in [-0.2, 0) is 0 Å². The summed E-state index contributed by atoms with van der Waals surface area (Å²) in [5, 5.41) is -0.340. The lowest BCUT2D eigenvalue weighted by atomic mass is 10.2. The first-order valence-corrected chi connectivity index (χ1v) is 3.69. The average Bonchev–Trinajstić information content (AvgIpc) is 1.85.